The first-order valence-corrected chi connectivity index (χ1v) is 7.70. The summed E-state index contributed by atoms with van der Waals surface area (Å²) < 4.78 is 6.40. The average molecular weight is 347 g/mol. The van der Waals surface area contributed by atoms with Gasteiger partial charge < -0.3 is 9.84 Å². The number of hydrogen-bond donors (Lipinski definition) is 1. The van der Waals surface area contributed by atoms with E-state index < -0.39 is 5.97 Å². The number of halogens is 1. The van der Waals surface area contributed by atoms with Crippen LogP contribution in [0.3, 0.4) is 0 Å². The van der Waals surface area contributed by atoms with Gasteiger partial charge in [-0.2, -0.15) is 0 Å². The highest BCUT2D eigenvalue weighted by molar-refractivity contribution is 9.10. The average Bonchev–Trinajstić information content (AvgIpc) is 2.93. The Balaban J connectivity index is 1.80. The van der Waals surface area contributed by atoms with E-state index in [0.29, 0.717) is 16.8 Å². The molecule has 1 aliphatic rings. The maximum atomic E-state index is 11.2. The molecule has 0 aliphatic heterocycles. The lowest BCUT2D eigenvalue weighted by atomic mass is 10.1. The largest absolute Gasteiger partial charge is 0.487 e. The van der Waals surface area contributed by atoms with Gasteiger partial charge in [0.25, 0.3) is 0 Å². The number of benzene rings is 2. The number of aryl methyl sites for hydroxylation is 2. The fourth-order valence-electron chi connectivity index (χ4n) is 2.69. The molecule has 2 aromatic carbocycles. The van der Waals surface area contributed by atoms with Crippen LogP contribution in [-0.4, -0.2) is 11.1 Å². The van der Waals surface area contributed by atoms with Crippen LogP contribution in [-0.2, 0) is 19.4 Å². The van der Waals surface area contributed by atoms with Gasteiger partial charge in [0.05, 0.1) is 4.47 Å². The predicted molar refractivity (Wildman–Crippen MR) is 83.9 cm³/mol. The lowest BCUT2D eigenvalue weighted by Crippen LogP contribution is -2.04. The zero-order chi connectivity index (χ0) is 14.8. The molecule has 2 aromatic rings. The van der Waals surface area contributed by atoms with E-state index in [9.17, 15) is 9.90 Å². The van der Waals surface area contributed by atoms with E-state index in [4.69, 9.17) is 4.74 Å². The summed E-state index contributed by atoms with van der Waals surface area (Å²) in [7, 11) is 0. The van der Waals surface area contributed by atoms with E-state index in [1.54, 1.807) is 18.2 Å². The van der Waals surface area contributed by atoms with Crippen LogP contribution in [0.1, 0.15) is 33.5 Å². The summed E-state index contributed by atoms with van der Waals surface area (Å²) >= 11 is 3.35. The third-order valence-electron chi connectivity index (χ3n) is 3.74. The van der Waals surface area contributed by atoms with Crippen molar-refractivity contribution in [2.75, 3.05) is 0 Å². The molecular formula is C17H15BrO3. The summed E-state index contributed by atoms with van der Waals surface area (Å²) in [6, 6.07) is 11.4. The Hall–Kier alpha value is -1.81. The Morgan fingerprint density at radius 3 is 2.81 bits per heavy atom. The SMILES string of the molecule is O=C(O)c1cccc(Br)c1OCc1ccc2c(c1)CCC2. The minimum atomic E-state index is -0.986. The minimum Gasteiger partial charge on any atom is -0.487 e. The first kappa shape index (κ1) is 14.1. The van der Waals surface area contributed by atoms with E-state index in [1.807, 2.05) is 0 Å². The first-order valence-electron chi connectivity index (χ1n) is 6.90. The number of aromatic carboxylic acids is 1. The molecule has 0 saturated carbocycles. The molecule has 1 aliphatic carbocycles. The number of fused-ring (bicyclic) bond motifs is 1. The summed E-state index contributed by atoms with van der Waals surface area (Å²) in [6.07, 6.45) is 3.50. The van der Waals surface area contributed by atoms with Gasteiger partial charge in [0.15, 0.2) is 0 Å². The van der Waals surface area contributed by atoms with Crippen molar-refractivity contribution in [1.29, 1.82) is 0 Å². The van der Waals surface area contributed by atoms with E-state index in [1.165, 1.54) is 17.5 Å². The zero-order valence-corrected chi connectivity index (χ0v) is 13.0. The van der Waals surface area contributed by atoms with Gasteiger partial charge in [-0.15, -0.1) is 0 Å². The van der Waals surface area contributed by atoms with Gasteiger partial charge in [0.2, 0.25) is 0 Å². The fourth-order valence-corrected chi connectivity index (χ4v) is 3.18. The van der Waals surface area contributed by atoms with E-state index in [-0.39, 0.29) is 5.56 Å². The summed E-state index contributed by atoms with van der Waals surface area (Å²) in [5.41, 5.74) is 4.06. The highest BCUT2D eigenvalue weighted by atomic mass is 79.9. The normalized spacial score (nSPS) is 13.0. The highest BCUT2D eigenvalue weighted by Gasteiger charge is 2.15. The van der Waals surface area contributed by atoms with Crippen molar-refractivity contribution in [3.8, 4) is 5.75 Å². The molecular weight excluding hydrogens is 332 g/mol. The van der Waals surface area contributed by atoms with Gasteiger partial charge in [0, 0.05) is 0 Å². The van der Waals surface area contributed by atoms with Crippen molar-refractivity contribution in [1.82, 2.24) is 0 Å². The topological polar surface area (TPSA) is 46.5 Å². The molecule has 0 aromatic heterocycles. The van der Waals surface area contributed by atoms with E-state index in [0.717, 1.165) is 18.4 Å². The molecule has 21 heavy (non-hydrogen) atoms. The number of carboxylic acids is 1. The maximum absolute atomic E-state index is 11.2. The van der Waals surface area contributed by atoms with Gasteiger partial charge in [-0.05, 0) is 64.0 Å². The van der Waals surface area contributed by atoms with Crippen LogP contribution in [0, 0.1) is 0 Å². The Labute approximate surface area is 131 Å². The van der Waals surface area contributed by atoms with Gasteiger partial charge in [-0.25, -0.2) is 4.79 Å². The van der Waals surface area contributed by atoms with Crippen molar-refractivity contribution >= 4 is 21.9 Å². The molecule has 4 heteroatoms. The van der Waals surface area contributed by atoms with E-state index in [2.05, 4.69) is 34.1 Å². The summed E-state index contributed by atoms with van der Waals surface area (Å²) in [4.78, 5) is 11.2. The third-order valence-corrected chi connectivity index (χ3v) is 4.37. The molecule has 0 bridgehead atoms. The molecule has 0 fully saturated rings. The first-order chi connectivity index (χ1) is 10.1. The zero-order valence-electron chi connectivity index (χ0n) is 11.4. The molecule has 0 amide bonds. The molecule has 108 valence electrons. The Bertz CT molecular complexity index is 694. The lowest BCUT2D eigenvalue weighted by Gasteiger charge is -2.12. The monoisotopic (exact) mass is 346 g/mol. The van der Waals surface area contributed by atoms with Crippen LogP contribution in [0.4, 0.5) is 0 Å². The van der Waals surface area contributed by atoms with E-state index >= 15 is 0 Å². The Morgan fingerprint density at radius 2 is 2.00 bits per heavy atom. The Morgan fingerprint density at radius 1 is 1.19 bits per heavy atom. The summed E-state index contributed by atoms with van der Waals surface area (Å²) in [5, 5.41) is 9.21. The molecule has 0 spiro atoms. The number of para-hydroxylation sites is 1. The van der Waals surface area contributed by atoms with Gasteiger partial charge in [-0.3, -0.25) is 0 Å². The van der Waals surface area contributed by atoms with Crippen molar-refractivity contribution in [2.45, 2.75) is 25.9 Å². The van der Waals surface area contributed by atoms with Gasteiger partial charge in [0.1, 0.15) is 17.9 Å². The van der Waals surface area contributed by atoms with Gasteiger partial charge >= 0.3 is 5.97 Å². The standard InChI is InChI=1S/C17H15BrO3/c18-15-6-2-5-14(17(19)20)16(15)21-10-11-7-8-12-3-1-4-13(12)9-11/h2,5-9H,1,3-4,10H2,(H,19,20). The number of carboxylic acid groups (broad SMARTS) is 1. The minimum absolute atomic E-state index is 0.172. The second-order valence-electron chi connectivity index (χ2n) is 5.17. The van der Waals surface area contributed by atoms with Crippen LogP contribution < -0.4 is 4.74 Å². The number of hydrogen-bond acceptors (Lipinski definition) is 2. The van der Waals surface area contributed by atoms with Crippen LogP contribution in [0.5, 0.6) is 5.75 Å². The quantitative estimate of drug-likeness (QED) is 0.901. The lowest BCUT2D eigenvalue weighted by molar-refractivity contribution is 0.0691. The smallest absolute Gasteiger partial charge is 0.339 e. The molecule has 3 rings (SSSR count). The predicted octanol–water partition coefficient (Wildman–Crippen LogP) is 4.22. The molecule has 1 N–H and O–H groups in total. The second-order valence-corrected chi connectivity index (χ2v) is 6.02. The van der Waals surface area contributed by atoms with Crippen molar-refractivity contribution in [3.63, 3.8) is 0 Å². The fraction of sp³-hybridized carbons (Fsp3) is 0.235. The second kappa shape index (κ2) is 5.90. The number of rotatable bonds is 4. The molecule has 3 nitrogen and oxygen atoms in total. The molecule has 0 heterocycles. The van der Waals surface area contributed by atoms with Crippen molar-refractivity contribution in [3.05, 3.63) is 63.1 Å². The molecule has 0 unspecified atom stereocenters. The van der Waals surface area contributed by atoms with Crippen molar-refractivity contribution < 1.29 is 14.6 Å². The van der Waals surface area contributed by atoms with Crippen LogP contribution in [0.25, 0.3) is 0 Å². The van der Waals surface area contributed by atoms with Crippen molar-refractivity contribution in [2.24, 2.45) is 0 Å². The summed E-state index contributed by atoms with van der Waals surface area (Å²) in [5.74, 6) is -0.606. The maximum Gasteiger partial charge on any atom is 0.339 e. The van der Waals surface area contributed by atoms with Crippen LogP contribution in [0.15, 0.2) is 40.9 Å². The highest BCUT2D eigenvalue weighted by Crippen LogP contribution is 2.30. The molecule has 0 atom stereocenters. The van der Waals surface area contributed by atoms with Gasteiger partial charge in [-0.1, -0.05) is 24.3 Å². The van der Waals surface area contributed by atoms with Crippen LogP contribution >= 0.6 is 15.9 Å². The Kier molecular flexibility index (Phi) is 3.97. The summed E-state index contributed by atoms with van der Waals surface area (Å²) in [6.45, 7) is 0.371. The van der Waals surface area contributed by atoms with Crippen LogP contribution in [0.2, 0.25) is 0 Å². The molecule has 0 radical (unpaired) electrons. The molecule has 0 saturated heterocycles. The number of ether oxygens (including phenoxy) is 1. The third kappa shape index (κ3) is 2.95. The number of carbonyl (C=O) groups is 1.